The molecule has 0 aromatic carbocycles. The first kappa shape index (κ1) is 10.6. The Labute approximate surface area is 91.7 Å². The van der Waals surface area contributed by atoms with Gasteiger partial charge in [0.2, 0.25) is 0 Å². The first-order chi connectivity index (χ1) is 7.65. The Morgan fingerprint density at radius 3 is 3.00 bits per heavy atom. The smallest absolute Gasteiger partial charge is 0.313 e. The zero-order chi connectivity index (χ0) is 11.7. The molecule has 0 spiro atoms. The van der Waals surface area contributed by atoms with Gasteiger partial charge in [-0.25, -0.2) is 9.97 Å². The van der Waals surface area contributed by atoms with E-state index in [2.05, 4.69) is 9.97 Å². The van der Waals surface area contributed by atoms with Crippen molar-refractivity contribution in [2.24, 2.45) is 5.73 Å². The molecule has 2 heterocycles. The van der Waals surface area contributed by atoms with Crippen molar-refractivity contribution in [1.29, 1.82) is 0 Å². The van der Waals surface area contributed by atoms with Gasteiger partial charge in [-0.15, -0.1) is 0 Å². The molecule has 1 unspecified atom stereocenters. The summed E-state index contributed by atoms with van der Waals surface area (Å²) >= 11 is 0. The molecule has 2 aromatic heterocycles. The molecule has 0 radical (unpaired) electrons. The van der Waals surface area contributed by atoms with Crippen LogP contribution in [0.15, 0.2) is 18.6 Å². The minimum absolute atomic E-state index is 0.0352. The maximum Gasteiger partial charge on any atom is 0.313 e. The standard InChI is InChI=1S/C10H12N4O2/c1-6-9(7(4-11)10(15)16)13-8-2-3-12-5-14(6)8/h2-3,5,7H,4,11H2,1H3,(H,15,16). The summed E-state index contributed by atoms with van der Waals surface area (Å²) in [7, 11) is 0. The van der Waals surface area contributed by atoms with Crippen LogP contribution in [0.2, 0.25) is 0 Å². The first-order valence-corrected chi connectivity index (χ1v) is 4.86. The van der Waals surface area contributed by atoms with E-state index in [0.717, 1.165) is 5.69 Å². The molecule has 0 bridgehead atoms. The lowest BCUT2D eigenvalue weighted by atomic mass is 10.1. The number of imidazole rings is 1. The molecule has 0 saturated heterocycles. The number of nitrogens with zero attached hydrogens (tertiary/aromatic N) is 3. The zero-order valence-electron chi connectivity index (χ0n) is 8.79. The van der Waals surface area contributed by atoms with Crippen LogP contribution in [-0.4, -0.2) is 32.0 Å². The highest BCUT2D eigenvalue weighted by Gasteiger charge is 2.23. The third-order valence-electron chi connectivity index (χ3n) is 2.57. The largest absolute Gasteiger partial charge is 0.481 e. The molecule has 6 heteroatoms. The number of aliphatic carboxylic acids is 1. The summed E-state index contributed by atoms with van der Waals surface area (Å²) in [6.07, 6.45) is 3.22. The van der Waals surface area contributed by atoms with Crippen LogP contribution in [0.3, 0.4) is 0 Å². The third-order valence-corrected chi connectivity index (χ3v) is 2.57. The van der Waals surface area contributed by atoms with Crippen LogP contribution in [0.4, 0.5) is 0 Å². The number of aryl methyl sites for hydroxylation is 1. The van der Waals surface area contributed by atoms with E-state index >= 15 is 0 Å². The average molecular weight is 220 g/mol. The Hall–Kier alpha value is -1.95. The highest BCUT2D eigenvalue weighted by Crippen LogP contribution is 2.19. The molecule has 1 atom stereocenters. The Balaban J connectivity index is 2.60. The van der Waals surface area contributed by atoms with Crippen LogP contribution in [0.25, 0.3) is 5.65 Å². The van der Waals surface area contributed by atoms with Gasteiger partial charge in [0, 0.05) is 18.4 Å². The van der Waals surface area contributed by atoms with Crippen LogP contribution in [0.5, 0.6) is 0 Å². The normalized spacial score (nSPS) is 12.9. The van der Waals surface area contributed by atoms with E-state index in [9.17, 15) is 4.79 Å². The van der Waals surface area contributed by atoms with E-state index in [0.29, 0.717) is 11.3 Å². The molecule has 16 heavy (non-hydrogen) atoms. The van der Waals surface area contributed by atoms with Gasteiger partial charge in [0.15, 0.2) is 0 Å². The molecular formula is C10H12N4O2. The van der Waals surface area contributed by atoms with Crippen molar-refractivity contribution < 1.29 is 9.90 Å². The van der Waals surface area contributed by atoms with Gasteiger partial charge in [0.25, 0.3) is 0 Å². The average Bonchev–Trinajstić information content (AvgIpc) is 2.58. The van der Waals surface area contributed by atoms with E-state index in [1.807, 2.05) is 6.92 Å². The molecule has 0 saturated carbocycles. The van der Waals surface area contributed by atoms with Gasteiger partial charge < -0.3 is 10.8 Å². The molecule has 0 aliphatic carbocycles. The Morgan fingerprint density at radius 2 is 2.44 bits per heavy atom. The SMILES string of the molecule is Cc1c(C(CN)C(=O)O)nc2ccncn12. The predicted octanol–water partition coefficient (Wildman–Crippen LogP) is 0.165. The molecule has 3 N–H and O–H groups in total. The van der Waals surface area contributed by atoms with E-state index in [4.69, 9.17) is 10.8 Å². The maximum absolute atomic E-state index is 11.0. The summed E-state index contributed by atoms with van der Waals surface area (Å²) in [6.45, 7) is 1.84. The van der Waals surface area contributed by atoms with E-state index in [-0.39, 0.29) is 6.54 Å². The van der Waals surface area contributed by atoms with Crippen molar-refractivity contribution >= 4 is 11.6 Å². The van der Waals surface area contributed by atoms with Gasteiger partial charge in [-0.05, 0) is 13.0 Å². The Bertz CT molecular complexity index is 535. The quantitative estimate of drug-likeness (QED) is 0.768. The molecule has 0 fully saturated rings. The number of aromatic nitrogens is 3. The van der Waals surface area contributed by atoms with Gasteiger partial charge in [0.1, 0.15) is 17.9 Å². The number of rotatable bonds is 3. The number of carboxylic acids is 1. The monoisotopic (exact) mass is 220 g/mol. The summed E-state index contributed by atoms with van der Waals surface area (Å²) in [6, 6.07) is 1.73. The fourth-order valence-electron chi connectivity index (χ4n) is 1.69. The molecule has 0 aliphatic rings. The molecule has 6 nitrogen and oxygen atoms in total. The van der Waals surface area contributed by atoms with Crippen molar-refractivity contribution in [3.8, 4) is 0 Å². The van der Waals surface area contributed by atoms with Gasteiger partial charge >= 0.3 is 5.97 Å². The number of hydrogen-bond donors (Lipinski definition) is 2. The van der Waals surface area contributed by atoms with Crippen LogP contribution in [-0.2, 0) is 4.79 Å². The third kappa shape index (κ3) is 1.53. The molecule has 0 aliphatic heterocycles. The molecule has 0 amide bonds. The minimum atomic E-state index is -0.957. The van der Waals surface area contributed by atoms with Crippen molar-refractivity contribution in [2.75, 3.05) is 6.54 Å². The number of fused-ring (bicyclic) bond motifs is 1. The fourth-order valence-corrected chi connectivity index (χ4v) is 1.69. The summed E-state index contributed by atoms with van der Waals surface area (Å²) in [5.74, 6) is -1.72. The summed E-state index contributed by atoms with van der Waals surface area (Å²) in [5, 5.41) is 9.03. The number of hydrogen-bond acceptors (Lipinski definition) is 4. The topological polar surface area (TPSA) is 93.5 Å². The second kappa shape index (κ2) is 3.90. The first-order valence-electron chi connectivity index (χ1n) is 4.86. The number of nitrogens with two attached hydrogens (primary N) is 1. The second-order valence-corrected chi connectivity index (χ2v) is 3.52. The van der Waals surface area contributed by atoms with E-state index < -0.39 is 11.9 Å². The maximum atomic E-state index is 11.0. The molecular weight excluding hydrogens is 208 g/mol. The van der Waals surface area contributed by atoms with Crippen LogP contribution in [0.1, 0.15) is 17.3 Å². The lowest BCUT2D eigenvalue weighted by Gasteiger charge is -2.07. The van der Waals surface area contributed by atoms with Crippen LogP contribution >= 0.6 is 0 Å². The van der Waals surface area contributed by atoms with Gasteiger partial charge in [0.05, 0.1) is 5.69 Å². The minimum Gasteiger partial charge on any atom is -0.481 e. The van der Waals surface area contributed by atoms with E-state index in [1.165, 1.54) is 0 Å². The van der Waals surface area contributed by atoms with Crippen LogP contribution < -0.4 is 5.73 Å². The number of carbonyl (C=O) groups is 1. The van der Waals surface area contributed by atoms with Crippen molar-refractivity contribution in [1.82, 2.24) is 14.4 Å². The van der Waals surface area contributed by atoms with Crippen LogP contribution in [0, 0.1) is 6.92 Å². The van der Waals surface area contributed by atoms with Gasteiger partial charge in [-0.2, -0.15) is 0 Å². The van der Waals surface area contributed by atoms with E-state index in [1.54, 1.807) is 23.0 Å². The molecule has 2 aromatic rings. The second-order valence-electron chi connectivity index (χ2n) is 3.52. The predicted molar refractivity (Wildman–Crippen MR) is 57.2 cm³/mol. The lowest BCUT2D eigenvalue weighted by molar-refractivity contribution is -0.138. The fraction of sp³-hybridized carbons (Fsp3) is 0.300. The summed E-state index contributed by atoms with van der Waals surface area (Å²) in [4.78, 5) is 19.2. The van der Waals surface area contributed by atoms with Gasteiger partial charge in [-0.3, -0.25) is 9.20 Å². The van der Waals surface area contributed by atoms with Gasteiger partial charge in [-0.1, -0.05) is 0 Å². The highest BCUT2D eigenvalue weighted by molar-refractivity contribution is 5.76. The molecule has 84 valence electrons. The molecule has 2 rings (SSSR count). The zero-order valence-corrected chi connectivity index (χ0v) is 8.79. The summed E-state index contributed by atoms with van der Waals surface area (Å²) in [5.41, 5.74) is 7.40. The lowest BCUT2D eigenvalue weighted by Crippen LogP contribution is -2.22. The highest BCUT2D eigenvalue weighted by atomic mass is 16.4. The van der Waals surface area contributed by atoms with Crippen molar-refractivity contribution in [3.63, 3.8) is 0 Å². The summed E-state index contributed by atoms with van der Waals surface area (Å²) < 4.78 is 1.75. The number of carboxylic acid groups (broad SMARTS) is 1. The Morgan fingerprint density at radius 1 is 1.69 bits per heavy atom. The Kier molecular flexibility index (Phi) is 2.57. The van der Waals surface area contributed by atoms with Crippen molar-refractivity contribution in [2.45, 2.75) is 12.8 Å². The van der Waals surface area contributed by atoms with Crippen molar-refractivity contribution in [3.05, 3.63) is 30.0 Å².